The molecule has 21 heavy (non-hydrogen) atoms. The summed E-state index contributed by atoms with van der Waals surface area (Å²) in [5.74, 6) is -1.55. The number of benzene rings is 1. The number of carboxylic acids is 1. The summed E-state index contributed by atoms with van der Waals surface area (Å²) in [4.78, 5) is 22.3. The first-order valence-electron chi connectivity index (χ1n) is 6.37. The summed E-state index contributed by atoms with van der Waals surface area (Å²) in [5, 5.41) is 11.0. The molecule has 1 aromatic rings. The number of amides is 1. The van der Waals surface area contributed by atoms with Gasteiger partial charge in [-0.1, -0.05) is 19.1 Å². The van der Waals surface area contributed by atoms with Crippen LogP contribution in [0.1, 0.15) is 19.4 Å². The van der Waals surface area contributed by atoms with Crippen molar-refractivity contribution in [3.8, 4) is 0 Å². The van der Waals surface area contributed by atoms with Crippen molar-refractivity contribution in [3.63, 3.8) is 0 Å². The molecule has 0 saturated carbocycles. The van der Waals surface area contributed by atoms with Crippen LogP contribution in [0.4, 0.5) is 0 Å². The van der Waals surface area contributed by atoms with E-state index in [1.165, 1.54) is 31.2 Å². The van der Waals surface area contributed by atoms with E-state index in [9.17, 15) is 18.0 Å². The minimum Gasteiger partial charge on any atom is -0.480 e. The van der Waals surface area contributed by atoms with Gasteiger partial charge in [0.05, 0.1) is 11.3 Å². The average Bonchev–Trinajstić information content (AvgIpc) is 2.38. The lowest BCUT2D eigenvalue weighted by atomic mass is 10.1. The largest absolute Gasteiger partial charge is 0.480 e. The lowest BCUT2D eigenvalue weighted by molar-refractivity contribution is -0.141. The molecule has 1 rings (SSSR count). The molecule has 0 fully saturated rings. The number of aliphatic carboxylic acids is 1. The highest BCUT2D eigenvalue weighted by molar-refractivity contribution is 7.89. The Labute approximate surface area is 123 Å². The molecule has 7 nitrogen and oxygen atoms in total. The Morgan fingerprint density at radius 1 is 1.24 bits per heavy atom. The highest BCUT2D eigenvalue weighted by Gasteiger charge is 2.15. The summed E-state index contributed by atoms with van der Waals surface area (Å²) >= 11 is 0. The molecule has 116 valence electrons. The fraction of sp³-hybridized carbons (Fsp3) is 0.385. The van der Waals surface area contributed by atoms with E-state index in [0.29, 0.717) is 12.1 Å². The molecule has 1 atom stereocenters. The topological polar surface area (TPSA) is 113 Å². The molecule has 1 aromatic carbocycles. The number of carboxylic acid groups (broad SMARTS) is 1. The van der Waals surface area contributed by atoms with Crippen molar-refractivity contribution in [2.24, 2.45) is 0 Å². The van der Waals surface area contributed by atoms with E-state index >= 15 is 0 Å². The standard InChI is InChI=1S/C13H18N2O5S/c1-3-14-21(19,20)11-6-4-10(5-7-11)8-12(16)15-9(2)13(17)18/h4-7,9,14H,3,8H2,1-2H3,(H,15,16)(H,17,18)/t9-/m1/s1. The molecule has 0 heterocycles. The maximum Gasteiger partial charge on any atom is 0.325 e. The van der Waals surface area contributed by atoms with Gasteiger partial charge < -0.3 is 10.4 Å². The zero-order valence-electron chi connectivity index (χ0n) is 11.8. The monoisotopic (exact) mass is 314 g/mol. The molecular formula is C13H18N2O5S. The summed E-state index contributed by atoms with van der Waals surface area (Å²) in [5.41, 5.74) is 0.598. The van der Waals surface area contributed by atoms with E-state index < -0.39 is 27.9 Å². The first-order valence-corrected chi connectivity index (χ1v) is 7.85. The zero-order chi connectivity index (χ0) is 16.0. The number of carbonyl (C=O) groups is 2. The van der Waals surface area contributed by atoms with Crippen molar-refractivity contribution in [2.45, 2.75) is 31.2 Å². The van der Waals surface area contributed by atoms with E-state index in [1.807, 2.05) is 0 Å². The second kappa shape index (κ2) is 7.19. The Morgan fingerprint density at radius 2 is 1.81 bits per heavy atom. The molecule has 0 radical (unpaired) electrons. The molecule has 0 aromatic heterocycles. The van der Waals surface area contributed by atoms with Gasteiger partial charge >= 0.3 is 5.97 Å². The summed E-state index contributed by atoms with van der Waals surface area (Å²) in [6, 6.07) is 4.89. The fourth-order valence-electron chi connectivity index (χ4n) is 1.60. The van der Waals surface area contributed by atoms with Gasteiger partial charge in [0.2, 0.25) is 15.9 Å². The Balaban J connectivity index is 2.71. The first-order chi connectivity index (χ1) is 9.76. The van der Waals surface area contributed by atoms with Crippen LogP contribution >= 0.6 is 0 Å². The van der Waals surface area contributed by atoms with Crippen LogP contribution in [0, 0.1) is 0 Å². The van der Waals surface area contributed by atoms with Gasteiger partial charge in [0.15, 0.2) is 0 Å². The number of carbonyl (C=O) groups excluding carboxylic acids is 1. The lowest BCUT2D eigenvalue weighted by Crippen LogP contribution is -2.39. The van der Waals surface area contributed by atoms with E-state index in [-0.39, 0.29) is 11.3 Å². The third-order valence-electron chi connectivity index (χ3n) is 2.68. The minimum absolute atomic E-state index is 0.0147. The molecule has 3 N–H and O–H groups in total. The third kappa shape index (κ3) is 5.16. The highest BCUT2D eigenvalue weighted by atomic mass is 32.2. The molecule has 0 spiro atoms. The second-order valence-electron chi connectivity index (χ2n) is 4.45. The SMILES string of the molecule is CCNS(=O)(=O)c1ccc(CC(=O)N[C@H](C)C(=O)O)cc1. The van der Waals surface area contributed by atoms with Gasteiger partial charge in [0.1, 0.15) is 6.04 Å². The Kier molecular flexibility index (Phi) is 5.86. The zero-order valence-corrected chi connectivity index (χ0v) is 12.6. The van der Waals surface area contributed by atoms with Crippen molar-refractivity contribution in [3.05, 3.63) is 29.8 Å². The number of hydrogen-bond acceptors (Lipinski definition) is 4. The fourth-order valence-corrected chi connectivity index (χ4v) is 2.64. The van der Waals surface area contributed by atoms with Gasteiger partial charge in [-0.2, -0.15) is 0 Å². The number of rotatable bonds is 7. The molecule has 0 aliphatic rings. The van der Waals surface area contributed by atoms with E-state index in [0.717, 1.165) is 0 Å². The molecule has 0 unspecified atom stereocenters. The van der Waals surface area contributed by atoms with Crippen molar-refractivity contribution >= 4 is 21.9 Å². The van der Waals surface area contributed by atoms with Crippen LogP contribution in [0.25, 0.3) is 0 Å². The van der Waals surface area contributed by atoms with Gasteiger partial charge in [0.25, 0.3) is 0 Å². The van der Waals surface area contributed by atoms with Crippen molar-refractivity contribution < 1.29 is 23.1 Å². The van der Waals surface area contributed by atoms with Gasteiger partial charge in [-0.15, -0.1) is 0 Å². The number of nitrogens with one attached hydrogen (secondary N) is 2. The summed E-state index contributed by atoms with van der Waals surface area (Å²) < 4.78 is 25.8. The van der Waals surface area contributed by atoms with Crippen LogP contribution in [0.2, 0.25) is 0 Å². The minimum atomic E-state index is -3.51. The summed E-state index contributed by atoms with van der Waals surface area (Å²) in [6.45, 7) is 3.34. The average molecular weight is 314 g/mol. The lowest BCUT2D eigenvalue weighted by Gasteiger charge is -2.09. The van der Waals surface area contributed by atoms with E-state index in [1.54, 1.807) is 6.92 Å². The predicted molar refractivity (Wildman–Crippen MR) is 76.2 cm³/mol. The first kappa shape index (κ1) is 17.1. The predicted octanol–water partition coefficient (Wildman–Crippen LogP) is 0.117. The maximum atomic E-state index is 11.7. The molecule has 1 amide bonds. The Morgan fingerprint density at radius 3 is 2.29 bits per heavy atom. The Bertz CT molecular complexity index is 610. The quantitative estimate of drug-likeness (QED) is 0.661. The van der Waals surface area contributed by atoms with Gasteiger partial charge in [0, 0.05) is 6.54 Å². The van der Waals surface area contributed by atoms with Crippen LogP contribution in [-0.2, 0) is 26.0 Å². The highest BCUT2D eigenvalue weighted by Crippen LogP contribution is 2.10. The number of sulfonamides is 1. The maximum absolute atomic E-state index is 11.7. The van der Waals surface area contributed by atoms with Gasteiger partial charge in [-0.05, 0) is 24.6 Å². The van der Waals surface area contributed by atoms with Gasteiger partial charge in [-0.25, -0.2) is 13.1 Å². The summed E-state index contributed by atoms with van der Waals surface area (Å²) in [6.07, 6.45) is -0.0147. The second-order valence-corrected chi connectivity index (χ2v) is 6.22. The molecular weight excluding hydrogens is 296 g/mol. The smallest absolute Gasteiger partial charge is 0.325 e. The van der Waals surface area contributed by atoms with Crippen molar-refractivity contribution in [1.82, 2.24) is 10.0 Å². The van der Waals surface area contributed by atoms with Crippen LogP contribution in [-0.4, -0.2) is 38.0 Å². The van der Waals surface area contributed by atoms with Crippen LogP contribution in [0.3, 0.4) is 0 Å². The Hall–Kier alpha value is -1.93. The molecule has 8 heteroatoms. The van der Waals surface area contributed by atoms with Crippen molar-refractivity contribution in [2.75, 3.05) is 6.54 Å². The van der Waals surface area contributed by atoms with Crippen LogP contribution < -0.4 is 10.0 Å². The van der Waals surface area contributed by atoms with Crippen molar-refractivity contribution in [1.29, 1.82) is 0 Å². The van der Waals surface area contributed by atoms with Crippen LogP contribution in [0.5, 0.6) is 0 Å². The molecule has 0 saturated heterocycles. The third-order valence-corrected chi connectivity index (χ3v) is 4.24. The molecule has 0 aliphatic heterocycles. The van der Waals surface area contributed by atoms with E-state index in [4.69, 9.17) is 5.11 Å². The normalized spacial score (nSPS) is 12.7. The van der Waals surface area contributed by atoms with Crippen LogP contribution in [0.15, 0.2) is 29.2 Å². The molecule has 0 aliphatic carbocycles. The molecule has 0 bridgehead atoms. The summed E-state index contributed by atoms with van der Waals surface area (Å²) in [7, 11) is -3.51. The number of hydrogen-bond donors (Lipinski definition) is 3. The van der Waals surface area contributed by atoms with E-state index in [2.05, 4.69) is 10.0 Å². The van der Waals surface area contributed by atoms with Gasteiger partial charge in [-0.3, -0.25) is 9.59 Å².